The lowest BCUT2D eigenvalue weighted by Crippen LogP contribution is -2.26. The van der Waals surface area contributed by atoms with Crippen LogP contribution >= 0.6 is 0 Å². The fourth-order valence-electron chi connectivity index (χ4n) is 1.86. The van der Waals surface area contributed by atoms with E-state index in [0.29, 0.717) is 0 Å². The number of anilines is 1. The third-order valence-electron chi connectivity index (χ3n) is 3.09. The van der Waals surface area contributed by atoms with E-state index in [2.05, 4.69) is 17.2 Å². The zero-order valence-corrected chi connectivity index (χ0v) is 11.9. The van der Waals surface area contributed by atoms with Crippen LogP contribution in [0.5, 0.6) is 0 Å². The first-order valence-corrected chi connectivity index (χ1v) is 6.50. The van der Waals surface area contributed by atoms with Crippen LogP contribution in [0.3, 0.4) is 0 Å². The van der Waals surface area contributed by atoms with Crippen molar-refractivity contribution in [1.82, 2.24) is 15.0 Å². The second-order valence-corrected chi connectivity index (χ2v) is 4.58. The van der Waals surface area contributed by atoms with Crippen LogP contribution in [-0.2, 0) is 17.8 Å². The van der Waals surface area contributed by atoms with Crippen LogP contribution in [-0.4, -0.2) is 39.0 Å². The predicted molar refractivity (Wildman–Crippen MR) is 76.2 cm³/mol. The van der Waals surface area contributed by atoms with Gasteiger partial charge in [0.05, 0.1) is 6.20 Å². The average Bonchev–Trinajstić information content (AvgIpc) is 2.93. The maximum absolute atomic E-state index is 12.3. The van der Waals surface area contributed by atoms with E-state index < -0.39 is 5.97 Å². The first-order valence-electron chi connectivity index (χ1n) is 6.50. The highest BCUT2D eigenvalue weighted by atomic mass is 16.4. The fraction of sp³-hybridized carbons (Fsp3) is 0.286. The second-order valence-electron chi connectivity index (χ2n) is 4.58. The SMILES string of the molecule is CCc1ccc(N(C)C(=O)c2cn(CC(=O)O)nn2)cc1. The van der Waals surface area contributed by atoms with Crippen LogP contribution in [0.4, 0.5) is 5.69 Å². The number of aliphatic carboxylic acids is 1. The number of aromatic nitrogens is 3. The minimum atomic E-state index is -1.04. The topological polar surface area (TPSA) is 88.3 Å². The summed E-state index contributed by atoms with van der Waals surface area (Å²) in [5, 5.41) is 16.0. The van der Waals surface area contributed by atoms with Gasteiger partial charge in [-0.15, -0.1) is 5.10 Å². The highest BCUT2D eigenvalue weighted by Crippen LogP contribution is 2.16. The normalized spacial score (nSPS) is 10.4. The van der Waals surface area contributed by atoms with Crippen molar-refractivity contribution in [1.29, 1.82) is 0 Å². The van der Waals surface area contributed by atoms with Gasteiger partial charge in [-0.25, -0.2) is 4.68 Å². The molecule has 0 unspecified atom stereocenters. The molecule has 7 nitrogen and oxygen atoms in total. The molecule has 0 saturated carbocycles. The number of aryl methyl sites for hydroxylation is 1. The van der Waals surface area contributed by atoms with E-state index in [-0.39, 0.29) is 18.1 Å². The number of carboxylic acids is 1. The summed E-state index contributed by atoms with van der Waals surface area (Å²) in [4.78, 5) is 24.3. The Bertz CT molecular complexity index is 648. The Morgan fingerprint density at radius 2 is 1.95 bits per heavy atom. The molecule has 2 aromatic rings. The maximum Gasteiger partial charge on any atom is 0.325 e. The van der Waals surface area contributed by atoms with E-state index in [1.165, 1.54) is 16.7 Å². The smallest absolute Gasteiger partial charge is 0.325 e. The van der Waals surface area contributed by atoms with Crippen LogP contribution in [0.15, 0.2) is 30.5 Å². The van der Waals surface area contributed by atoms with E-state index in [0.717, 1.165) is 16.8 Å². The Morgan fingerprint density at radius 1 is 1.29 bits per heavy atom. The molecule has 1 aromatic heterocycles. The highest BCUT2D eigenvalue weighted by Gasteiger charge is 2.17. The highest BCUT2D eigenvalue weighted by molar-refractivity contribution is 6.04. The summed E-state index contributed by atoms with van der Waals surface area (Å²) < 4.78 is 1.11. The van der Waals surface area contributed by atoms with Crippen molar-refractivity contribution in [3.05, 3.63) is 41.7 Å². The fourth-order valence-corrected chi connectivity index (χ4v) is 1.86. The minimum Gasteiger partial charge on any atom is -0.480 e. The van der Waals surface area contributed by atoms with Gasteiger partial charge in [0.25, 0.3) is 5.91 Å². The van der Waals surface area contributed by atoms with Crippen molar-refractivity contribution >= 4 is 17.6 Å². The molecule has 21 heavy (non-hydrogen) atoms. The molecule has 0 radical (unpaired) electrons. The zero-order valence-electron chi connectivity index (χ0n) is 11.9. The molecule has 0 spiro atoms. The number of carbonyl (C=O) groups is 2. The summed E-state index contributed by atoms with van der Waals surface area (Å²) in [6.45, 7) is 1.74. The summed E-state index contributed by atoms with van der Waals surface area (Å²) in [6, 6.07) is 7.64. The summed E-state index contributed by atoms with van der Waals surface area (Å²) in [6.07, 6.45) is 2.26. The Labute approximate surface area is 121 Å². The number of hydrogen-bond acceptors (Lipinski definition) is 4. The van der Waals surface area contributed by atoms with Gasteiger partial charge in [-0.3, -0.25) is 9.59 Å². The molecule has 7 heteroatoms. The van der Waals surface area contributed by atoms with Gasteiger partial charge in [0.1, 0.15) is 6.54 Å². The van der Waals surface area contributed by atoms with E-state index >= 15 is 0 Å². The number of nitrogens with zero attached hydrogens (tertiary/aromatic N) is 4. The van der Waals surface area contributed by atoms with E-state index in [1.807, 2.05) is 24.3 Å². The first-order chi connectivity index (χ1) is 10.0. The quantitative estimate of drug-likeness (QED) is 0.893. The van der Waals surface area contributed by atoms with Gasteiger partial charge in [-0.05, 0) is 24.1 Å². The maximum atomic E-state index is 12.3. The largest absolute Gasteiger partial charge is 0.480 e. The summed E-state index contributed by atoms with van der Waals surface area (Å²) in [5.74, 6) is -1.38. The predicted octanol–water partition coefficient (Wildman–Crippen LogP) is 1.20. The van der Waals surface area contributed by atoms with Gasteiger partial charge in [-0.2, -0.15) is 0 Å². The molecule has 110 valence electrons. The molecular weight excluding hydrogens is 272 g/mol. The van der Waals surface area contributed by atoms with Gasteiger partial charge in [0.15, 0.2) is 5.69 Å². The van der Waals surface area contributed by atoms with Crippen LogP contribution in [0.2, 0.25) is 0 Å². The van der Waals surface area contributed by atoms with Crippen molar-refractivity contribution in [3.63, 3.8) is 0 Å². The van der Waals surface area contributed by atoms with E-state index in [9.17, 15) is 9.59 Å². The molecular formula is C14H16N4O3. The van der Waals surface area contributed by atoms with Crippen molar-refractivity contribution in [2.24, 2.45) is 0 Å². The third kappa shape index (κ3) is 3.44. The molecule has 1 N–H and O–H groups in total. The number of hydrogen-bond donors (Lipinski definition) is 1. The molecule has 2 rings (SSSR count). The number of carboxylic acid groups (broad SMARTS) is 1. The Balaban J connectivity index is 2.14. The van der Waals surface area contributed by atoms with Crippen molar-refractivity contribution in [2.45, 2.75) is 19.9 Å². The van der Waals surface area contributed by atoms with Crippen molar-refractivity contribution < 1.29 is 14.7 Å². The van der Waals surface area contributed by atoms with Gasteiger partial charge in [0, 0.05) is 12.7 Å². The average molecular weight is 288 g/mol. The van der Waals surface area contributed by atoms with Gasteiger partial charge in [0.2, 0.25) is 0 Å². The Kier molecular flexibility index (Phi) is 4.32. The van der Waals surface area contributed by atoms with Crippen LogP contribution < -0.4 is 4.90 Å². The number of benzene rings is 1. The van der Waals surface area contributed by atoms with Crippen LogP contribution in [0, 0.1) is 0 Å². The summed E-state index contributed by atoms with van der Waals surface area (Å²) >= 11 is 0. The van der Waals surface area contributed by atoms with E-state index in [1.54, 1.807) is 7.05 Å². The monoisotopic (exact) mass is 288 g/mol. The lowest BCUT2D eigenvalue weighted by Gasteiger charge is -2.16. The molecule has 0 fully saturated rings. The third-order valence-corrected chi connectivity index (χ3v) is 3.09. The molecule has 1 aromatic carbocycles. The molecule has 1 heterocycles. The summed E-state index contributed by atoms with van der Waals surface area (Å²) in [7, 11) is 1.64. The lowest BCUT2D eigenvalue weighted by atomic mass is 10.1. The molecule has 0 saturated heterocycles. The van der Waals surface area contributed by atoms with Crippen LogP contribution in [0.25, 0.3) is 0 Å². The standard InChI is InChI=1S/C14H16N4O3/c1-3-10-4-6-11(7-5-10)17(2)14(21)12-8-18(16-15-12)9-13(19)20/h4-8H,3,9H2,1-2H3,(H,19,20). The minimum absolute atomic E-state index is 0.110. The molecule has 0 atom stereocenters. The Hall–Kier alpha value is -2.70. The molecule has 1 amide bonds. The zero-order chi connectivity index (χ0) is 15.4. The Morgan fingerprint density at radius 3 is 2.52 bits per heavy atom. The number of amides is 1. The lowest BCUT2D eigenvalue weighted by molar-refractivity contribution is -0.137. The van der Waals surface area contributed by atoms with Gasteiger partial charge in [-0.1, -0.05) is 24.3 Å². The number of carbonyl (C=O) groups excluding carboxylic acids is 1. The molecule has 0 aliphatic carbocycles. The second kappa shape index (κ2) is 6.17. The first kappa shape index (κ1) is 14.7. The van der Waals surface area contributed by atoms with Gasteiger partial charge < -0.3 is 10.0 Å². The molecule has 0 aliphatic heterocycles. The van der Waals surface area contributed by atoms with Crippen molar-refractivity contribution in [3.8, 4) is 0 Å². The van der Waals surface area contributed by atoms with Gasteiger partial charge >= 0.3 is 5.97 Å². The summed E-state index contributed by atoms with van der Waals surface area (Å²) in [5.41, 5.74) is 2.04. The molecule has 0 bridgehead atoms. The number of rotatable bonds is 5. The van der Waals surface area contributed by atoms with Crippen molar-refractivity contribution in [2.75, 3.05) is 11.9 Å². The van der Waals surface area contributed by atoms with E-state index in [4.69, 9.17) is 5.11 Å². The molecule has 0 aliphatic rings. The van der Waals surface area contributed by atoms with Crippen LogP contribution in [0.1, 0.15) is 23.0 Å².